The zero-order chi connectivity index (χ0) is 14.0. The summed E-state index contributed by atoms with van der Waals surface area (Å²) in [6, 6.07) is 0.520. The Balaban J connectivity index is 2.32. The van der Waals surface area contributed by atoms with Gasteiger partial charge < -0.3 is 5.32 Å². The molecule has 0 fully saturated rings. The molecule has 19 heavy (non-hydrogen) atoms. The highest BCUT2D eigenvalue weighted by Gasteiger charge is 2.19. The van der Waals surface area contributed by atoms with Crippen molar-refractivity contribution in [2.45, 2.75) is 46.2 Å². The van der Waals surface area contributed by atoms with E-state index in [-0.39, 0.29) is 6.04 Å². The first kappa shape index (κ1) is 14.2. The maximum atomic E-state index is 4.75. The average Bonchev–Trinajstić information content (AvgIpc) is 2.98. The first-order chi connectivity index (χ1) is 9.06. The number of aromatic nitrogens is 3. The summed E-state index contributed by atoms with van der Waals surface area (Å²) in [5.74, 6) is 0. The number of nitrogens with zero attached hydrogens (tertiary/aromatic N) is 3. The SMILES string of the molecule is CCc1nc(C(NC)c2cnn(C(C)C)c2)sc1C. The summed E-state index contributed by atoms with van der Waals surface area (Å²) in [7, 11) is 1.97. The van der Waals surface area contributed by atoms with Crippen LogP contribution in [0.25, 0.3) is 0 Å². The highest BCUT2D eigenvalue weighted by atomic mass is 32.1. The van der Waals surface area contributed by atoms with E-state index in [2.05, 4.69) is 44.3 Å². The largest absolute Gasteiger partial charge is 0.307 e. The number of rotatable bonds is 5. The molecule has 0 aliphatic carbocycles. The quantitative estimate of drug-likeness (QED) is 0.914. The summed E-state index contributed by atoms with van der Waals surface area (Å²) in [4.78, 5) is 6.06. The minimum absolute atomic E-state index is 0.136. The second kappa shape index (κ2) is 5.84. The van der Waals surface area contributed by atoms with E-state index < -0.39 is 0 Å². The fourth-order valence-electron chi connectivity index (χ4n) is 2.12. The first-order valence-electron chi connectivity index (χ1n) is 6.74. The van der Waals surface area contributed by atoms with Crippen LogP contribution < -0.4 is 5.32 Å². The van der Waals surface area contributed by atoms with Crippen molar-refractivity contribution in [1.82, 2.24) is 20.1 Å². The summed E-state index contributed by atoms with van der Waals surface area (Å²) >= 11 is 1.77. The molecule has 2 rings (SSSR count). The van der Waals surface area contributed by atoms with E-state index in [0.29, 0.717) is 6.04 Å². The lowest BCUT2D eigenvalue weighted by Crippen LogP contribution is -2.17. The van der Waals surface area contributed by atoms with E-state index >= 15 is 0 Å². The van der Waals surface area contributed by atoms with Crippen LogP contribution in [0.5, 0.6) is 0 Å². The van der Waals surface area contributed by atoms with Crippen molar-refractivity contribution >= 4 is 11.3 Å². The van der Waals surface area contributed by atoms with E-state index in [0.717, 1.165) is 11.4 Å². The highest BCUT2D eigenvalue weighted by molar-refractivity contribution is 7.11. The number of thiazole rings is 1. The third-order valence-corrected chi connectivity index (χ3v) is 4.34. The van der Waals surface area contributed by atoms with Crippen molar-refractivity contribution in [2.75, 3.05) is 7.05 Å². The van der Waals surface area contributed by atoms with E-state index in [1.54, 1.807) is 11.3 Å². The normalized spacial score (nSPS) is 13.2. The molecule has 4 nitrogen and oxygen atoms in total. The lowest BCUT2D eigenvalue weighted by atomic mass is 10.2. The van der Waals surface area contributed by atoms with Gasteiger partial charge in [0.1, 0.15) is 5.01 Å². The number of hydrogen-bond acceptors (Lipinski definition) is 4. The van der Waals surface area contributed by atoms with Gasteiger partial charge in [-0.2, -0.15) is 5.10 Å². The predicted octanol–water partition coefficient (Wildman–Crippen LogP) is 3.10. The first-order valence-corrected chi connectivity index (χ1v) is 7.56. The number of nitrogens with one attached hydrogen (secondary N) is 1. The second-order valence-electron chi connectivity index (χ2n) is 4.98. The van der Waals surface area contributed by atoms with Crippen LogP contribution in [0.15, 0.2) is 12.4 Å². The molecule has 0 aromatic carbocycles. The van der Waals surface area contributed by atoms with Gasteiger partial charge in [-0.15, -0.1) is 11.3 Å². The minimum atomic E-state index is 0.136. The van der Waals surface area contributed by atoms with Crippen LogP contribution in [-0.4, -0.2) is 21.8 Å². The van der Waals surface area contributed by atoms with Gasteiger partial charge in [0, 0.05) is 22.7 Å². The van der Waals surface area contributed by atoms with Gasteiger partial charge in [0.2, 0.25) is 0 Å². The van der Waals surface area contributed by atoms with Crippen LogP contribution in [0.1, 0.15) is 54.0 Å². The Morgan fingerprint density at radius 1 is 1.42 bits per heavy atom. The molecule has 2 aromatic rings. The molecule has 0 aliphatic heterocycles. The smallest absolute Gasteiger partial charge is 0.115 e. The molecular formula is C14H22N4S. The third-order valence-electron chi connectivity index (χ3n) is 3.26. The molecular weight excluding hydrogens is 256 g/mol. The second-order valence-corrected chi connectivity index (χ2v) is 6.21. The van der Waals surface area contributed by atoms with Gasteiger partial charge in [0.25, 0.3) is 0 Å². The zero-order valence-electron chi connectivity index (χ0n) is 12.3. The van der Waals surface area contributed by atoms with Crippen LogP contribution in [0, 0.1) is 6.92 Å². The number of aryl methyl sites for hydroxylation is 2. The molecule has 0 saturated heterocycles. The fraction of sp³-hybridized carbons (Fsp3) is 0.571. The van der Waals surface area contributed by atoms with Crippen LogP contribution in [0.2, 0.25) is 0 Å². The highest BCUT2D eigenvalue weighted by Crippen LogP contribution is 2.28. The van der Waals surface area contributed by atoms with E-state index in [4.69, 9.17) is 4.98 Å². The van der Waals surface area contributed by atoms with Crippen LogP contribution in [0.3, 0.4) is 0 Å². The van der Waals surface area contributed by atoms with E-state index in [1.807, 2.05) is 17.9 Å². The lowest BCUT2D eigenvalue weighted by molar-refractivity contribution is 0.531. The van der Waals surface area contributed by atoms with E-state index in [1.165, 1.54) is 16.1 Å². The van der Waals surface area contributed by atoms with E-state index in [9.17, 15) is 0 Å². The average molecular weight is 278 g/mol. The monoisotopic (exact) mass is 278 g/mol. The molecule has 0 radical (unpaired) electrons. The molecule has 2 aromatic heterocycles. The molecule has 0 spiro atoms. The summed E-state index contributed by atoms with van der Waals surface area (Å²) in [5, 5.41) is 8.88. The molecule has 0 aliphatic rings. The van der Waals surface area contributed by atoms with Gasteiger partial charge in [-0.1, -0.05) is 6.92 Å². The van der Waals surface area contributed by atoms with Crippen LogP contribution in [-0.2, 0) is 6.42 Å². The molecule has 2 heterocycles. The molecule has 0 saturated carbocycles. The Labute approximate surface area is 118 Å². The van der Waals surface area contributed by atoms with Crippen molar-refractivity contribution in [1.29, 1.82) is 0 Å². The standard InChI is InChI=1S/C14H22N4S/c1-6-12-10(4)19-14(17-12)13(15-5)11-7-16-18(8-11)9(2)3/h7-9,13,15H,6H2,1-5H3. The Kier molecular flexibility index (Phi) is 4.37. The number of hydrogen-bond donors (Lipinski definition) is 1. The van der Waals surface area contributed by atoms with Gasteiger partial charge >= 0.3 is 0 Å². The van der Waals surface area contributed by atoms with Crippen molar-refractivity contribution < 1.29 is 0 Å². The Morgan fingerprint density at radius 3 is 2.63 bits per heavy atom. The Morgan fingerprint density at radius 2 is 2.16 bits per heavy atom. The van der Waals surface area contributed by atoms with Gasteiger partial charge in [-0.25, -0.2) is 4.98 Å². The molecule has 1 unspecified atom stereocenters. The van der Waals surface area contributed by atoms with Gasteiger partial charge in [0.05, 0.1) is 17.9 Å². The molecule has 104 valence electrons. The Bertz CT molecular complexity index is 541. The van der Waals surface area contributed by atoms with Crippen molar-refractivity contribution in [2.24, 2.45) is 0 Å². The molecule has 5 heteroatoms. The summed E-state index contributed by atoms with van der Waals surface area (Å²) < 4.78 is 1.99. The van der Waals surface area contributed by atoms with Crippen LogP contribution >= 0.6 is 11.3 Å². The minimum Gasteiger partial charge on any atom is -0.307 e. The van der Waals surface area contributed by atoms with Crippen LogP contribution in [0.4, 0.5) is 0 Å². The van der Waals surface area contributed by atoms with Gasteiger partial charge in [-0.05, 0) is 34.2 Å². The lowest BCUT2D eigenvalue weighted by Gasteiger charge is -2.11. The molecule has 0 amide bonds. The molecule has 0 bridgehead atoms. The maximum absolute atomic E-state index is 4.75. The van der Waals surface area contributed by atoms with Crippen molar-refractivity contribution in [3.63, 3.8) is 0 Å². The third kappa shape index (κ3) is 2.87. The molecule has 1 N–H and O–H groups in total. The topological polar surface area (TPSA) is 42.7 Å². The summed E-state index contributed by atoms with van der Waals surface area (Å²) in [5.41, 5.74) is 2.38. The van der Waals surface area contributed by atoms with Gasteiger partial charge in [-0.3, -0.25) is 4.68 Å². The zero-order valence-corrected chi connectivity index (χ0v) is 13.1. The predicted molar refractivity (Wildman–Crippen MR) is 79.7 cm³/mol. The summed E-state index contributed by atoms with van der Waals surface area (Å²) in [6.07, 6.45) is 5.03. The molecule has 1 atom stereocenters. The van der Waals surface area contributed by atoms with Gasteiger partial charge in [0.15, 0.2) is 0 Å². The maximum Gasteiger partial charge on any atom is 0.115 e. The summed E-state index contributed by atoms with van der Waals surface area (Å²) in [6.45, 7) is 8.56. The van der Waals surface area contributed by atoms with Crippen molar-refractivity contribution in [3.05, 3.63) is 33.5 Å². The fourth-order valence-corrected chi connectivity index (χ4v) is 3.27. The Hall–Kier alpha value is -1.20. The van der Waals surface area contributed by atoms with Crippen molar-refractivity contribution in [3.8, 4) is 0 Å².